The molecular formula is C26H43FN2O. The summed E-state index contributed by atoms with van der Waals surface area (Å²) in [7, 11) is 1.92. The second kappa shape index (κ2) is 14.8. The van der Waals surface area contributed by atoms with Crippen molar-refractivity contribution in [1.82, 2.24) is 4.90 Å². The van der Waals surface area contributed by atoms with Crippen molar-refractivity contribution >= 4 is 0 Å². The van der Waals surface area contributed by atoms with Crippen molar-refractivity contribution < 1.29 is 9.50 Å². The first-order chi connectivity index (χ1) is 14.3. The molecule has 1 atom stereocenters. The van der Waals surface area contributed by atoms with Crippen LogP contribution < -0.4 is 5.73 Å². The molecule has 0 bridgehead atoms. The minimum absolute atomic E-state index is 0.228. The number of phenols is 1. The fourth-order valence-electron chi connectivity index (χ4n) is 3.14. The van der Waals surface area contributed by atoms with E-state index in [0.717, 1.165) is 17.7 Å². The SMILES string of the molecule is CC.CC.CC/C=C\C(F)=C(/C)C(c1ccc(C2CC2)cc1O)N(C)C/C=C(\C)N. The smallest absolute Gasteiger partial charge is 0.123 e. The van der Waals surface area contributed by atoms with Gasteiger partial charge >= 0.3 is 0 Å². The zero-order chi connectivity index (χ0) is 23.3. The van der Waals surface area contributed by atoms with Gasteiger partial charge in [-0.1, -0.05) is 58.9 Å². The molecule has 1 aliphatic rings. The van der Waals surface area contributed by atoms with Crippen LogP contribution in [0.4, 0.5) is 4.39 Å². The summed E-state index contributed by atoms with van der Waals surface area (Å²) < 4.78 is 14.7. The molecule has 0 aliphatic heterocycles. The van der Waals surface area contributed by atoms with Gasteiger partial charge in [0.25, 0.3) is 0 Å². The summed E-state index contributed by atoms with van der Waals surface area (Å²) in [4.78, 5) is 2.00. The van der Waals surface area contributed by atoms with Crippen LogP contribution in [-0.2, 0) is 0 Å². The molecule has 170 valence electrons. The Morgan fingerprint density at radius 1 is 1.23 bits per heavy atom. The highest BCUT2D eigenvalue weighted by Gasteiger charge is 2.27. The fraction of sp³-hybridized carbons (Fsp3) is 0.538. The Kier molecular flexibility index (Phi) is 13.8. The predicted octanol–water partition coefficient (Wildman–Crippen LogP) is 7.37. The van der Waals surface area contributed by atoms with E-state index in [1.807, 2.05) is 71.7 Å². The maximum absolute atomic E-state index is 14.7. The van der Waals surface area contributed by atoms with Crippen LogP contribution in [0, 0.1) is 0 Å². The molecule has 0 spiro atoms. The van der Waals surface area contributed by atoms with Crippen molar-refractivity contribution in [1.29, 1.82) is 0 Å². The highest BCUT2D eigenvalue weighted by atomic mass is 19.1. The summed E-state index contributed by atoms with van der Waals surface area (Å²) in [5.41, 5.74) is 8.94. The van der Waals surface area contributed by atoms with Gasteiger partial charge in [-0.15, -0.1) is 0 Å². The second-order valence-electron chi connectivity index (χ2n) is 7.22. The van der Waals surface area contributed by atoms with Crippen LogP contribution in [0.2, 0.25) is 0 Å². The third kappa shape index (κ3) is 8.74. The van der Waals surface area contributed by atoms with E-state index in [9.17, 15) is 9.50 Å². The summed E-state index contributed by atoms with van der Waals surface area (Å²) in [6.07, 6.45) is 8.34. The molecule has 3 nitrogen and oxygen atoms in total. The van der Waals surface area contributed by atoms with Crippen LogP contribution in [0.15, 0.2) is 53.5 Å². The Labute approximate surface area is 184 Å². The first-order valence-electron chi connectivity index (χ1n) is 11.3. The zero-order valence-electron chi connectivity index (χ0n) is 20.3. The molecule has 1 unspecified atom stereocenters. The maximum atomic E-state index is 14.7. The Balaban J connectivity index is 0.00000198. The number of benzene rings is 1. The minimum Gasteiger partial charge on any atom is -0.508 e. The largest absolute Gasteiger partial charge is 0.508 e. The van der Waals surface area contributed by atoms with E-state index in [2.05, 4.69) is 6.07 Å². The monoisotopic (exact) mass is 418 g/mol. The maximum Gasteiger partial charge on any atom is 0.123 e. The van der Waals surface area contributed by atoms with Gasteiger partial charge in [0.05, 0.1) is 6.04 Å². The molecule has 3 N–H and O–H groups in total. The summed E-state index contributed by atoms with van der Waals surface area (Å²) in [5, 5.41) is 10.6. The number of phenolic OH excluding ortho intramolecular Hbond substituents is 1. The molecule has 2 rings (SSSR count). The highest BCUT2D eigenvalue weighted by molar-refractivity contribution is 5.44. The van der Waals surface area contributed by atoms with Gasteiger partial charge in [-0.3, -0.25) is 4.90 Å². The third-order valence-electron chi connectivity index (χ3n) is 4.83. The number of nitrogens with two attached hydrogens (primary N) is 1. The molecule has 4 heteroatoms. The molecule has 1 saturated carbocycles. The minimum atomic E-state index is -0.361. The van der Waals surface area contributed by atoms with E-state index in [0.29, 0.717) is 18.0 Å². The number of likely N-dealkylation sites (N-methyl/N-ethyl adjacent to an activating group) is 1. The van der Waals surface area contributed by atoms with Gasteiger partial charge in [0.1, 0.15) is 11.6 Å². The first-order valence-corrected chi connectivity index (χ1v) is 11.3. The van der Waals surface area contributed by atoms with E-state index >= 15 is 0 Å². The summed E-state index contributed by atoms with van der Waals surface area (Å²) >= 11 is 0. The van der Waals surface area contributed by atoms with E-state index in [-0.39, 0.29) is 17.6 Å². The van der Waals surface area contributed by atoms with Gasteiger partial charge < -0.3 is 10.8 Å². The number of hydrogen-bond donors (Lipinski definition) is 2. The van der Waals surface area contributed by atoms with E-state index in [1.165, 1.54) is 24.5 Å². The molecule has 30 heavy (non-hydrogen) atoms. The van der Waals surface area contributed by atoms with Crippen molar-refractivity contribution in [2.75, 3.05) is 13.6 Å². The van der Waals surface area contributed by atoms with Crippen molar-refractivity contribution in [2.24, 2.45) is 5.73 Å². The number of rotatable bonds is 8. The van der Waals surface area contributed by atoms with Gasteiger partial charge in [-0.2, -0.15) is 0 Å². The molecule has 0 amide bonds. The normalized spacial score (nSPS) is 15.7. The number of allylic oxidation sites excluding steroid dienone is 4. The third-order valence-corrected chi connectivity index (χ3v) is 4.83. The molecule has 1 aromatic carbocycles. The quantitative estimate of drug-likeness (QED) is 0.433. The summed E-state index contributed by atoms with van der Waals surface area (Å²) in [6.45, 7) is 14.2. The standard InChI is InChI=1S/C22H31FN2O.2C2H6/c1-5-6-7-20(23)16(3)22(25(4)13-12-15(2)24)19-11-10-18(14-21(19)26)17-8-9-17;2*1-2/h6-7,10-12,14,17,22,26H,5,8-9,13,24H2,1-4H3;2*1-2H3/b7-6-,15-12+,20-16-;;. The number of hydrogen-bond acceptors (Lipinski definition) is 3. The van der Waals surface area contributed by atoms with Crippen LogP contribution in [0.25, 0.3) is 0 Å². The molecule has 0 radical (unpaired) electrons. The summed E-state index contributed by atoms with van der Waals surface area (Å²) in [5.74, 6) is 0.531. The molecule has 1 fully saturated rings. The van der Waals surface area contributed by atoms with E-state index in [1.54, 1.807) is 13.0 Å². The van der Waals surface area contributed by atoms with Crippen LogP contribution in [0.1, 0.15) is 90.8 Å². The lowest BCUT2D eigenvalue weighted by Gasteiger charge is -2.29. The first kappa shape index (κ1) is 27.9. The fourth-order valence-corrected chi connectivity index (χ4v) is 3.14. The Morgan fingerprint density at radius 2 is 1.83 bits per heavy atom. The number of nitrogens with zero attached hydrogens (tertiary/aromatic N) is 1. The molecular weight excluding hydrogens is 375 g/mol. The van der Waals surface area contributed by atoms with Gasteiger partial charge in [-0.05, 0) is 69.4 Å². The Morgan fingerprint density at radius 3 is 2.30 bits per heavy atom. The van der Waals surface area contributed by atoms with Crippen LogP contribution >= 0.6 is 0 Å². The van der Waals surface area contributed by atoms with E-state index < -0.39 is 0 Å². The number of halogens is 1. The average Bonchev–Trinajstić information content (AvgIpc) is 3.60. The Hall–Kier alpha value is -2.07. The van der Waals surface area contributed by atoms with Crippen LogP contribution in [-0.4, -0.2) is 23.6 Å². The van der Waals surface area contributed by atoms with Crippen molar-refractivity contribution in [3.05, 3.63) is 64.7 Å². The van der Waals surface area contributed by atoms with Crippen LogP contribution in [0.3, 0.4) is 0 Å². The van der Waals surface area contributed by atoms with Gasteiger partial charge in [0, 0.05) is 17.8 Å². The molecule has 1 aromatic rings. The average molecular weight is 419 g/mol. The topological polar surface area (TPSA) is 49.5 Å². The van der Waals surface area contributed by atoms with Crippen molar-refractivity contribution in [3.8, 4) is 5.75 Å². The lowest BCUT2D eigenvalue weighted by Crippen LogP contribution is -2.26. The van der Waals surface area contributed by atoms with E-state index in [4.69, 9.17) is 5.73 Å². The number of aromatic hydroxyl groups is 1. The molecule has 0 saturated heterocycles. The molecule has 0 heterocycles. The van der Waals surface area contributed by atoms with Gasteiger partial charge in [-0.25, -0.2) is 4.39 Å². The van der Waals surface area contributed by atoms with Crippen LogP contribution in [0.5, 0.6) is 5.75 Å². The van der Waals surface area contributed by atoms with Crippen molar-refractivity contribution in [2.45, 2.75) is 79.7 Å². The molecule has 1 aliphatic carbocycles. The Bertz CT molecular complexity index is 714. The summed E-state index contributed by atoms with van der Waals surface area (Å²) in [6, 6.07) is 5.47. The predicted molar refractivity (Wildman–Crippen MR) is 129 cm³/mol. The van der Waals surface area contributed by atoms with Crippen molar-refractivity contribution in [3.63, 3.8) is 0 Å². The lowest BCUT2D eigenvalue weighted by molar-refractivity contribution is 0.292. The zero-order valence-corrected chi connectivity index (χ0v) is 20.3. The second-order valence-corrected chi connectivity index (χ2v) is 7.22. The highest BCUT2D eigenvalue weighted by Crippen LogP contribution is 2.43. The molecule has 0 aromatic heterocycles. The van der Waals surface area contributed by atoms with Gasteiger partial charge in [0.15, 0.2) is 0 Å². The van der Waals surface area contributed by atoms with Gasteiger partial charge in [0.2, 0.25) is 0 Å². The lowest BCUT2D eigenvalue weighted by atomic mass is 9.94.